The highest BCUT2D eigenvalue weighted by molar-refractivity contribution is 6.26. The molecule has 0 saturated heterocycles. The lowest BCUT2D eigenvalue weighted by atomic mass is 9.96. The van der Waals surface area contributed by atoms with Crippen molar-refractivity contribution in [1.29, 1.82) is 0 Å². The van der Waals surface area contributed by atoms with Gasteiger partial charge in [-0.2, -0.15) is 0 Å². The molecule has 0 fully saturated rings. The standard InChI is InChI=1S/C21H17N5O/c22-13-3-7-15(8-4-13)25-18-12-19(26-16-9-5-14(23)6-10-16)21(27)20-17(18)2-1-11-24-20/h1-12,26H,22-23H2. The first-order valence-corrected chi connectivity index (χ1v) is 8.39. The minimum absolute atomic E-state index is 0.182. The third-order valence-electron chi connectivity index (χ3n) is 4.16. The molecule has 0 radical (unpaired) electrons. The number of fused-ring (bicyclic) bond motifs is 1. The van der Waals surface area contributed by atoms with Gasteiger partial charge in [0.2, 0.25) is 5.78 Å². The third kappa shape index (κ3) is 3.41. The molecule has 5 N–H and O–H groups in total. The van der Waals surface area contributed by atoms with Crippen molar-refractivity contribution in [3.63, 3.8) is 0 Å². The van der Waals surface area contributed by atoms with Gasteiger partial charge in [0.15, 0.2) is 0 Å². The summed E-state index contributed by atoms with van der Waals surface area (Å²) in [7, 11) is 0. The number of aromatic nitrogens is 1. The molecule has 2 aromatic carbocycles. The van der Waals surface area contributed by atoms with Gasteiger partial charge in [0.25, 0.3) is 0 Å². The number of hydrogen-bond acceptors (Lipinski definition) is 6. The maximum atomic E-state index is 12.8. The van der Waals surface area contributed by atoms with Crippen LogP contribution in [0.4, 0.5) is 22.7 Å². The number of pyridine rings is 1. The molecular weight excluding hydrogens is 338 g/mol. The van der Waals surface area contributed by atoms with E-state index in [2.05, 4.69) is 15.3 Å². The van der Waals surface area contributed by atoms with Crippen molar-refractivity contribution in [2.24, 2.45) is 4.99 Å². The highest BCUT2D eigenvalue weighted by Gasteiger charge is 2.25. The van der Waals surface area contributed by atoms with Gasteiger partial charge in [0, 0.05) is 28.8 Å². The molecule has 0 aliphatic heterocycles. The zero-order chi connectivity index (χ0) is 18.8. The van der Waals surface area contributed by atoms with Crippen LogP contribution in [0.3, 0.4) is 0 Å². The second kappa shape index (κ2) is 6.76. The number of nitrogen functional groups attached to an aromatic ring is 2. The van der Waals surface area contributed by atoms with E-state index in [1.165, 1.54) is 0 Å². The molecule has 6 heteroatoms. The summed E-state index contributed by atoms with van der Waals surface area (Å²) in [5, 5.41) is 3.14. The van der Waals surface area contributed by atoms with Crippen LogP contribution >= 0.6 is 0 Å². The molecule has 1 heterocycles. The lowest BCUT2D eigenvalue weighted by Gasteiger charge is -2.18. The van der Waals surface area contributed by atoms with Gasteiger partial charge in [0.05, 0.1) is 17.1 Å². The highest BCUT2D eigenvalue weighted by atomic mass is 16.1. The summed E-state index contributed by atoms with van der Waals surface area (Å²) in [6.07, 6.45) is 3.34. The largest absolute Gasteiger partial charge is 0.399 e. The van der Waals surface area contributed by atoms with Crippen molar-refractivity contribution in [3.8, 4) is 0 Å². The minimum atomic E-state index is -0.182. The molecule has 0 bridgehead atoms. The van der Waals surface area contributed by atoms with Crippen LogP contribution in [0, 0.1) is 0 Å². The van der Waals surface area contributed by atoms with Crippen LogP contribution in [-0.4, -0.2) is 16.5 Å². The molecule has 1 aliphatic rings. The zero-order valence-electron chi connectivity index (χ0n) is 14.4. The van der Waals surface area contributed by atoms with Gasteiger partial charge >= 0.3 is 0 Å². The second-order valence-corrected chi connectivity index (χ2v) is 6.12. The summed E-state index contributed by atoms with van der Waals surface area (Å²) in [6, 6.07) is 18.0. The number of aliphatic imine (C=N–C) groups is 1. The third-order valence-corrected chi connectivity index (χ3v) is 4.16. The number of nitrogens with zero attached hydrogens (tertiary/aromatic N) is 2. The first-order valence-electron chi connectivity index (χ1n) is 8.39. The number of Topliss-reactive ketones (excluding diaryl/α,β-unsaturated/α-hetero) is 1. The predicted octanol–water partition coefficient (Wildman–Crippen LogP) is 3.56. The number of carbonyl (C=O) groups excluding carboxylic acids is 1. The van der Waals surface area contributed by atoms with E-state index in [1.807, 2.05) is 30.3 Å². The van der Waals surface area contributed by atoms with Crippen LogP contribution < -0.4 is 16.8 Å². The van der Waals surface area contributed by atoms with Crippen molar-refractivity contribution in [1.82, 2.24) is 4.98 Å². The van der Waals surface area contributed by atoms with Crippen LogP contribution in [0.1, 0.15) is 16.1 Å². The fourth-order valence-corrected chi connectivity index (χ4v) is 2.80. The highest BCUT2D eigenvalue weighted by Crippen LogP contribution is 2.25. The molecule has 6 nitrogen and oxygen atoms in total. The van der Waals surface area contributed by atoms with Gasteiger partial charge in [-0.1, -0.05) is 0 Å². The van der Waals surface area contributed by atoms with Crippen molar-refractivity contribution in [3.05, 3.63) is 89.9 Å². The van der Waals surface area contributed by atoms with Crippen molar-refractivity contribution < 1.29 is 4.79 Å². The lowest BCUT2D eigenvalue weighted by Crippen LogP contribution is -2.23. The molecule has 1 aliphatic carbocycles. The number of anilines is 3. The Morgan fingerprint density at radius 2 is 1.56 bits per heavy atom. The van der Waals surface area contributed by atoms with Crippen molar-refractivity contribution >= 4 is 34.2 Å². The van der Waals surface area contributed by atoms with Gasteiger partial charge in [-0.25, -0.2) is 4.99 Å². The van der Waals surface area contributed by atoms with Gasteiger partial charge in [-0.15, -0.1) is 0 Å². The van der Waals surface area contributed by atoms with Crippen LogP contribution in [0.15, 0.2) is 83.6 Å². The number of carbonyl (C=O) groups is 1. The van der Waals surface area contributed by atoms with Crippen molar-refractivity contribution in [2.75, 3.05) is 16.8 Å². The van der Waals surface area contributed by atoms with Crippen LogP contribution in [0.5, 0.6) is 0 Å². The van der Waals surface area contributed by atoms with E-state index in [-0.39, 0.29) is 5.78 Å². The molecule has 0 amide bonds. The second-order valence-electron chi connectivity index (χ2n) is 6.12. The number of nitrogens with one attached hydrogen (secondary N) is 1. The quantitative estimate of drug-likeness (QED) is 0.623. The van der Waals surface area contributed by atoms with E-state index in [4.69, 9.17) is 11.5 Å². The number of allylic oxidation sites excluding steroid dienone is 2. The maximum absolute atomic E-state index is 12.8. The summed E-state index contributed by atoms with van der Waals surface area (Å²) in [5.41, 5.74) is 16.4. The Hall–Kier alpha value is -3.93. The lowest BCUT2D eigenvalue weighted by molar-refractivity contribution is 0.103. The summed E-state index contributed by atoms with van der Waals surface area (Å²) in [4.78, 5) is 21.8. The Balaban J connectivity index is 1.77. The van der Waals surface area contributed by atoms with Gasteiger partial charge < -0.3 is 16.8 Å². The monoisotopic (exact) mass is 355 g/mol. The molecule has 0 saturated carbocycles. The van der Waals surface area contributed by atoms with E-state index in [0.29, 0.717) is 34.0 Å². The normalized spacial score (nSPS) is 14.6. The van der Waals surface area contributed by atoms with Crippen LogP contribution in [-0.2, 0) is 0 Å². The van der Waals surface area contributed by atoms with E-state index < -0.39 is 0 Å². The molecule has 0 atom stereocenters. The topological polar surface area (TPSA) is 106 Å². The number of nitrogens with two attached hydrogens (primary N) is 2. The Morgan fingerprint density at radius 1 is 0.889 bits per heavy atom. The van der Waals surface area contributed by atoms with E-state index in [1.54, 1.807) is 42.6 Å². The fraction of sp³-hybridized carbons (Fsp3) is 0. The van der Waals surface area contributed by atoms with Gasteiger partial charge in [-0.3, -0.25) is 9.78 Å². The summed E-state index contributed by atoms with van der Waals surface area (Å²) in [6.45, 7) is 0. The first kappa shape index (κ1) is 16.5. The minimum Gasteiger partial charge on any atom is -0.399 e. The molecular formula is C21H17N5O. The molecule has 132 valence electrons. The summed E-state index contributed by atoms with van der Waals surface area (Å²) < 4.78 is 0. The Labute approximate surface area is 156 Å². The Kier molecular flexibility index (Phi) is 4.14. The van der Waals surface area contributed by atoms with Gasteiger partial charge in [-0.05, 0) is 66.7 Å². The average molecular weight is 355 g/mol. The summed E-state index contributed by atoms with van der Waals surface area (Å²) >= 11 is 0. The fourth-order valence-electron chi connectivity index (χ4n) is 2.80. The number of hydrogen-bond donors (Lipinski definition) is 3. The molecule has 1 aromatic heterocycles. The zero-order valence-corrected chi connectivity index (χ0v) is 14.4. The molecule has 27 heavy (non-hydrogen) atoms. The molecule has 3 aromatic rings. The SMILES string of the molecule is Nc1ccc(N=C2C=C(Nc3ccc(N)cc3)C(=O)c3ncccc32)cc1. The maximum Gasteiger partial charge on any atom is 0.228 e. The number of rotatable bonds is 3. The van der Waals surface area contributed by atoms with Crippen LogP contribution in [0.25, 0.3) is 0 Å². The average Bonchev–Trinajstić information content (AvgIpc) is 2.69. The molecule has 4 rings (SSSR count). The van der Waals surface area contributed by atoms with E-state index in [9.17, 15) is 4.79 Å². The Bertz CT molecular complexity index is 1070. The van der Waals surface area contributed by atoms with Crippen LogP contribution in [0.2, 0.25) is 0 Å². The number of benzene rings is 2. The van der Waals surface area contributed by atoms with Crippen molar-refractivity contribution in [2.45, 2.75) is 0 Å². The first-order chi connectivity index (χ1) is 13.1. The predicted molar refractivity (Wildman–Crippen MR) is 108 cm³/mol. The summed E-state index contributed by atoms with van der Waals surface area (Å²) in [5.74, 6) is -0.182. The van der Waals surface area contributed by atoms with Gasteiger partial charge in [0.1, 0.15) is 5.69 Å². The Morgan fingerprint density at radius 3 is 2.26 bits per heavy atom. The smallest absolute Gasteiger partial charge is 0.228 e. The number of ketones is 1. The van der Waals surface area contributed by atoms with E-state index >= 15 is 0 Å². The molecule has 0 unspecified atom stereocenters. The van der Waals surface area contributed by atoms with E-state index in [0.717, 1.165) is 11.4 Å². The molecule has 0 spiro atoms.